The van der Waals surface area contributed by atoms with Crippen molar-refractivity contribution in [2.75, 3.05) is 6.61 Å². The van der Waals surface area contributed by atoms with Crippen LogP contribution < -0.4 is 9.47 Å². The summed E-state index contributed by atoms with van der Waals surface area (Å²) in [5, 5.41) is 9.47. The standard InChI is InChI=1S/C24H19F3N2O2/c1-2-30-23-13-18(8-11-22(23)31-16-17-6-4-3-5-7-17)12-19(14-28)21-10-9-20(15-29-21)24(25,26)27/h3-13,15H,2,16H2,1H3. The molecule has 0 saturated heterocycles. The average Bonchev–Trinajstić information content (AvgIpc) is 2.77. The van der Waals surface area contributed by atoms with Gasteiger partial charge in [0.25, 0.3) is 0 Å². The molecule has 0 amide bonds. The quantitative estimate of drug-likeness (QED) is 0.428. The number of alkyl halides is 3. The van der Waals surface area contributed by atoms with Crippen molar-refractivity contribution in [1.82, 2.24) is 4.98 Å². The summed E-state index contributed by atoms with van der Waals surface area (Å²) in [6.45, 7) is 2.63. The first kappa shape index (κ1) is 21.9. The molecule has 3 aromatic rings. The minimum absolute atomic E-state index is 0.133. The molecule has 1 heterocycles. The molecule has 0 aliphatic rings. The molecular weight excluding hydrogens is 405 g/mol. The molecule has 0 N–H and O–H groups in total. The molecule has 0 unspecified atom stereocenters. The zero-order valence-electron chi connectivity index (χ0n) is 16.7. The number of nitrogens with zero attached hydrogens (tertiary/aromatic N) is 2. The summed E-state index contributed by atoms with van der Waals surface area (Å²) >= 11 is 0. The van der Waals surface area contributed by atoms with Crippen LogP contribution in [0.3, 0.4) is 0 Å². The first-order valence-corrected chi connectivity index (χ1v) is 9.49. The normalized spacial score (nSPS) is 11.6. The van der Waals surface area contributed by atoms with Gasteiger partial charge in [0.15, 0.2) is 11.5 Å². The second-order valence-electron chi connectivity index (χ2n) is 6.51. The zero-order valence-corrected chi connectivity index (χ0v) is 16.7. The van der Waals surface area contributed by atoms with Gasteiger partial charge in [-0.2, -0.15) is 18.4 Å². The van der Waals surface area contributed by atoms with Gasteiger partial charge in [0, 0.05) is 6.20 Å². The molecule has 4 nitrogen and oxygen atoms in total. The number of hydrogen-bond acceptors (Lipinski definition) is 4. The van der Waals surface area contributed by atoms with E-state index < -0.39 is 11.7 Å². The number of ether oxygens (including phenoxy) is 2. The Bertz CT molecular complexity index is 1090. The van der Waals surface area contributed by atoms with E-state index >= 15 is 0 Å². The SMILES string of the molecule is CCOc1cc(C=C(C#N)c2ccc(C(F)(F)F)cn2)ccc1OCc1ccccc1. The molecule has 0 bridgehead atoms. The van der Waals surface area contributed by atoms with Crippen molar-refractivity contribution in [2.45, 2.75) is 19.7 Å². The van der Waals surface area contributed by atoms with Crippen molar-refractivity contribution >= 4 is 11.6 Å². The van der Waals surface area contributed by atoms with Gasteiger partial charge in [0.05, 0.1) is 23.4 Å². The summed E-state index contributed by atoms with van der Waals surface area (Å²) in [7, 11) is 0. The molecule has 0 fully saturated rings. The van der Waals surface area contributed by atoms with Crippen molar-refractivity contribution in [1.29, 1.82) is 5.26 Å². The lowest BCUT2D eigenvalue weighted by atomic mass is 10.1. The van der Waals surface area contributed by atoms with Crippen LogP contribution in [0.25, 0.3) is 11.6 Å². The Morgan fingerprint density at radius 3 is 2.42 bits per heavy atom. The number of aromatic nitrogens is 1. The fourth-order valence-corrected chi connectivity index (χ4v) is 2.79. The van der Waals surface area contributed by atoms with Gasteiger partial charge in [0.1, 0.15) is 12.7 Å². The average molecular weight is 424 g/mol. The lowest BCUT2D eigenvalue weighted by Crippen LogP contribution is -2.05. The van der Waals surface area contributed by atoms with Crippen LogP contribution in [0, 0.1) is 11.3 Å². The maximum atomic E-state index is 12.7. The zero-order chi connectivity index (χ0) is 22.3. The molecule has 0 saturated carbocycles. The Kier molecular flexibility index (Phi) is 6.93. The van der Waals surface area contributed by atoms with Crippen LogP contribution in [0.1, 0.15) is 29.3 Å². The number of allylic oxidation sites excluding steroid dienone is 1. The highest BCUT2D eigenvalue weighted by atomic mass is 19.4. The highest BCUT2D eigenvalue weighted by Crippen LogP contribution is 2.32. The third-order valence-electron chi connectivity index (χ3n) is 4.30. The van der Waals surface area contributed by atoms with Gasteiger partial charge < -0.3 is 9.47 Å². The predicted octanol–water partition coefficient (Wildman–Crippen LogP) is 6.14. The van der Waals surface area contributed by atoms with Crippen molar-refractivity contribution in [2.24, 2.45) is 0 Å². The third-order valence-corrected chi connectivity index (χ3v) is 4.30. The summed E-state index contributed by atoms with van der Waals surface area (Å²) in [6, 6.07) is 18.9. The summed E-state index contributed by atoms with van der Waals surface area (Å²) in [6.07, 6.45) is -2.23. The van der Waals surface area contributed by atoms with E-state index in [0.29, 0.717) is 36.5 Å². The van der Waals surface area contributed by atoms with E-state index in [1.54, 1.807) is 24.3 Å². The van der Waals surface area contributed by atoms with Gasteiger partial charge in [-0.3, -0.25) is 4.98 Å². The van der Waals surface area contributed by atoms with E-state index in [2.05, 4.69) is 4.98 Å². The number of benzene rings is 2. The molecular formula is C24H19F3N2O2. The first-order chi connectivity index (χ1) is 14.9. The highest BCUT2D eigenvalue weighted by Gasteiger charge is 2.30. The molecule has 2 aromatic carbocycles. The summed E-state index contributed by atoms with van der Waals surface area (Å²) in [5.41, 5.74) is 1.06. The predicted molar refractivity (Wildman–Crippen MR) is 111 cm³/mol. The van der Waals surface area contributed by atoms with Crippen LogP contribution in [0.4, 0.5) is 13.2 Å². The number of hydrogen-bond donors (Lipinski definition) is 0. The highest BCUT2D eigenvalue weighted by molar-refractivity contribution is 5.88. The van der Waals surface area contributed by atoms with Crippen LogP contribution in [0.2, 0.25) is 0 Å². The number of nitriles is 1. The fourth-order valence-electron chi connectivity index (χ4n) is 2.79. The Hall–Kier alpha value is -3.79. The summed E-state index contributed by atoms with van der Waals surface area (Å²) < 4.78 is 49.7. The van der Waals surface area contributed by atoms with Gasteiger partial charge >= 0.3 is 6.18 Å². The van der Waals surface area contributed by atoms with Crippen LogP contribution in [0.5, 0.6) is 11.5 Å². The lowest BCUT2D eigenvalue weighted by molar-refractivity contribution is -0.137. The number of pyridine rings is 1. The van der Waals surface area contributed by atoms with Gasteiger partial charge in [-0.25, -0.2) is 0 Å². The molecule has 0 aliphatic carbocycles. The molecule has 7 heteroatoms. The van der Waals surface area contributed by atoms with Gasteiger partial charge in [-0.1, -0.05) is 36.4 Å². The van der Waals surface area contributed by atoms with E-state index in [9.17, 15) is 18.4 Å². The molecule has 0 spiro atoms. The smallest absolute Gasteiger partial charge is 0.417 e. The van der Waals surface area contributed by atoms with Crippen LogP contribution >= 0.6 is 0 Å². The van der Waals surface area contributed by atoms with E-state index in [1.807, 2.05) is 43.3 Å². The van der Waals surface area contributed by atoms with E-state index in [4.69, 9.17) is 9.47 Å². The number of halogens is 3. The molecule has 0 radical (unpaired) electrons. The summed E-state index contributed by atoms with van der Waals surface area (Å²) in [4.78, 5) is 3.79. The second-order valence-corrected chi connectivity index (χ2v) is 6.51. The van der Waals surface area contributed by atoms with Crippen molar-refractivity contribution < 1.29 is 22.6 Å². The summed E-state index contributed by atoms with van der Waals surface area (Å²) in [5.74, 6) is 1.05. The maximum absolute atomic E-state index is 12.7. The van der Waals surface area contributed by atoms with Gasteiger partial charge in [-0.15, -0.1) is 0 Å². The second kappa shape index (κ2) is 9.81. The molecule has 3 rings (SSSR count). The van der Waals surface area contributed by atoms with Gasteiger partial charge in [0.2, 0.25) is 0 Å². The lowest BCUT2D eigenvalue weighted by Gasteiger charge is -2.13. The molecule has 0 aliphatic heterocycles. The van der Waals surface area contributed by atoms with Crippen molar-refractivity contribution in [3.05, 3.63) is 89.2 Å². The molecule has 31 heavy (non-hydrogen) atoms. The Morgan fingerprint density at radius 2 is 1.81 bits per heavy atom. The fraction of sp³-hybridized carbons (Fsp3) is 0.167. The monoisotopic (exact) mass is 424 g/mol. The van der Waals surface area contributed by atoms with E-state index in [-0.39, 0.29) is 11.3 Å². The largest absolute Gasteiger partial charge is 0.490 e. The van der Waals surface area contributed by atoms with E-state index in [0.717, 1.165) is 11.6 Å². The molecule has 1 aromatic heterocycles. The Morgan fingerprint density at radius 1 is 1.03 bits per heavy atom. The molecule has 158 valence electrons. The van der Waals surface area contributed by atoms with Gasteiger partial charge in [-0.05, 0) is 48.4 Å². The first-order valence-electron chi connectivity index (χ1n) is 9.49. The van der Waals surface area contributed by atoms with Crippen molar-refractivity contribution in [3.63, 3.8) is 0 Å². The minimum Gasteiger partial charge on any atom is -0.490 e. The van der Waals surface area contributed by atoms with E-state index in [1.165, 1.54) is 6.07 Å². The third kappa shape index (κ3) is 5.86. The van der Waals surface area contributed by atoms with Crippen molar-refractivity contribution in [3.8, 4) is 17.6 Å². The Balaban J connectivity index is 1.84. The van der Waals surface area contributed by atoms with Crippen LogP contribution in [-0.2, 0) is 12.8 Å². The van der Waals surface area contributed by atoms with Crippen LogP contribution in [0.15, 0.2) is 66.9 Å². The Labute approximate surface area is 178 Å². The molecule has 0 atom stereocenters. The topological polar surface area (TPSA) is 55.1 Å². The maximum Gasteiger partial charge on any atom is 0.417 e. The number of rotatable bonds is 7. The minimum atomic E-state index is -4.48. The van der Waals surface area contributed by atoms with Crippen LogP contribution in [-0.4, -0.2) is 11.6 Å².